The number of anilines is 3. The molecule has 0 spiro atoms. The van der Waals surface area contributed by atoms with Crippen LogP contribution in [0.15, 0.2) is 95.6 Å². The quantitative estimate of drug-likeness (QED) is 0.347. The number of nitrogens with one attached hydrogen (secondary N) is 1. The molecule has 0 unspecified atom stereocenters. The Kier molecular flexibility index (Phi) is 3.91. The normalized spacial score (nSPS) is 11.1. The van der Waals surface area contributed by atoms with Crippen LogP contribution in [0.5, 0.6) is 0 Å². The van der Waals surface area contributed by atoms with E-state index in [1.165, 1.54) is 0 Å². The molecule has 1 N–H and O–H groups in total. The van der Waals surface area contributed by atoms with Gasteiger partial charge in [0.1, 0.15) is 5.65 Å². The molecule has 0 radical (unpaired) electrons. The molecule has 0 aliphatic carbocycles. The lowest BCUT2D eigenvalue weighted by molar-refractivity contribution is 1.25. The molecule has 3 nitrogen and oxygen atoms in total. The number of pyridine rings is 1. The Morgan fingerprint density at radius 1 is 0.704 bits per heavy atom. The Morgan fingerprint density at radius 3 is 2.04 bits per heavy atom. The third-order valence-corrected chi connectivity index (χ3v) is 5.18. The summed E-state index contributed by atoms with van der Waals surface area (Å²) < 4.78 is 1.06. The molecule has 5 rings (SSSR count). The van der Waals surface area contributed by atoms with E-state index in [9.17, 15) is 0 Å². The van der Waals surface area contributed by atoms with Gasteiger partial charge < -0.3 is 9.88 Å². The average molecular weight is 414 g/mol. The number of para-hydroxylation sites is 2. The minimum Gasteiger partial charge on any atom is -0.339 e. The van der Waals surface area contributed by atoms with Crippen molar-refractivity contribution in [3.8, 4) is 0 Å². The molecule has 0 aliphatic rings. The van der Waals surface area contributed by atoms with Crippen LogP contribution >= 0.6 is 15.9 Å². The van der Waals surface area contributed by atoms with E-state index in [4.69, 9.17) is 4.98 Å². The largest absolute Gasteiger partial charge is 0.339 e. The van der Waals surface area contributed by atoms with Crippen LogP contribution in [0.3, 0.4) is 0 Å². The molecule has 5 aromatic rings. The van der Waals surface area contributed by atoms with E-state index in [0.29, 0.717) is 0 Å². The summed E-state index contributed by atoms with van der Waals surface area (Å²) in [5.74, 6) is 0. The van der Waals surface area contributed by atoms with Crippen molar-refractivity contribution in [1.29, 1.82) is 0 Å². The lowest BCUT2D eigenvalue weighted by atomic mass is 10.1. The number of hydrogen-bond donors (Lipinski definition) is 1. The number of nitrogens with zero attached hydrogens (tertiary/aromatic N) is 2. The molecule has 0 saturated carbocycles. The lowest BCUT2D eigenvalue weighted by Gasteiger charge is -2.25. The van der Waals surface area contributed by atoms with E-state index in [-0.39, 0.29) is 0 Å². The van der Waals surface area contributed by atoms with Gasteiger partial charge in [-0.1, -0.05) is 52.3 Å². The fourth-order valence-corrected chi connectivity index (χ4v) is 3.82. The second-order valence-corrected chi connectivity index (χ2v) is 7.33. The van der Waals surface area contributed by atoms with Crippen molar-refractivity contribution in [3.05, 3.63) is 95.6 Å². The van der Waals surface area contributed by atoms with Gasteiger partial charge in [0.25, 0.3) is 0 Å². The van der Waals surface area contributed by atoms with Crippen molar-refractivity contribution in [2.45, 2.75) is 0 Å². The smallest absolute Gasteiger partial charge is 0.138 e. The van der Waals surface area contributed by atoms with Gasteiger partial charge >= 0.3 is 0 Å². The van der Waals surface area contributed by atoms with Crippen LogP contribution in [0.1, 0.15) is 0 Å². The van der Waals surface area contributed by atoms with E-state index in [1.54, 1.807) is 0 Å². The van der Waals surface area contributed by atoms with Crippen LogP contribution in [-0.2, 0) is 0 Å². The first-order chi connectivity index (χ1) is 13.3. The van der Waals surface area contributed by atoms with Gasteiger partial charge in [-0.2, -0.15) is 0 Å². The Morgan fingerprint density at radius 2 is 1.37 bits per heavy atom. The predicted molar refractivity (Wildman–Crippen MR) is 116 cm³/mol. The van der Waals surface area contributed by atoms with E-state index < -0.39 is 0 Å². The summed E-state index contributed by atoms with van der Waals surface area (Å²) >= 11 is 3.58. The molecule has 0 amide bonds. The molecule has 0 saturated heterocycles. The molecule has 130 valence electrons. The summed E-state index contributed by atoms with van der Waals surface area (Å²) in [6, 6.07) is 29.2. The topological polar surface area (TPSA) is 31.9 Å². The molecule has 4 heteroatoms. The van der Waals surface area contributed by atoms with Crippen LogP contribution in [0.2, 0.25) is 0 Å². The Labute approximate surface area is 165 Å². The van der Waals surface area contributed by atoms with E-state index in [0.717, 1.165) is 43.5 Å². The number of halogens is 1. The molecule has 27 heavy (non-hydrogen) atoms. The summed E-state index contributed by atoms with van der Waals surface area (Å²) in [7, 11) is 0. The SMILES string of the molecule is Brc1ccc2[nH]c3ncc(N(c4ccccc4)c4ccccc4)cc3c2c1. The minimum absolute atomic E-state index is 0.896. The number of aromatic nitrogens is 2. The van der Waals surface area contributed by atoms with Crippen molar-refractivity contribution in [2.24, 2.45) is 0 Å². The maximum absolute atomic E-state index is 4.71. The van der Waals surface area contributed by atoms with E-state index in [2.05, 4.69) is 92.5 Å². The van der Waals surface area contributed by atoms with Crippen molar-refractivity contribution in [1.82, 2.24) is 9.97 Å². The molecule has 0 bridgehead atoms. The number of aromatic amines is 1. The van der Waals surface area contributed by atoms with Gasteiger partial charge in [0.15, 0.2) is 0 Å². The highest BCUT2D eigenvalue weighted by molar-refractivity contribution is 9.10. The van der Waals surface area contributed by atoms with Crippen LogP contribution in [0.4, 0.5) is 17.1 Å². The summed E-state index contributed by atoms with van der Waals surface area (Å²) in [6.45, 7) is 0. The number of H-pyrrole nitrogens is 1. The Balaban J connectivity index is 1.75. The van der Waals surface area contributed by atoms with Gasteiger partial charge in [-0.25, -0.2) is 4.98 Å². The van der Waals surface area contributed by atoms with Crippen LogP contribution in [0.25, 0.3) is 21.9 Å². The van der Waals surface area contributed by atoms with Crippen molar-refractivity contribution in [3.63, 3.8) is 0 Å². The zero-order valence-electron chi connectivity index (χ0n) is 14.4. The molecule has 0 fully saturated rings. The molecule has 2 heterocycles. The first-order valence-corrected chi connectivity index (χ1v) is 9.56. The number of rotatable bonds is 3. The predicted octanol–water partition coefficient (Wildman–Crippen LogP) is 6.95. The fraction of sp³-hybridized carbons (Fsp3) is 0. The second-order valence-electron chi connectivity index (χ2n) is 6.41. The standard InChI is InChI=1S/C23H16BrN3/c24-16-11-12-22-20(13-16)21-14-19(15-25-23(21)26-22)27(17-7-3-1-4-8-17)18-9-5-2-6-10-18/h1-15H,(H,25,26). The van der Waals surface area contributed by atoms with Gasteiger partial charge in [0, 0.05) is 32.1 Å². The zero-order valence-corrected chi connectivity index (χ0v) is 16.0. The van der Waals surface area contributed by atoms with Crippen molar-refractivity contribution in [2.75, 3.05) is 4.90 Å². The maximum Gasteiger partial charge on any atom is 0.138 e. The van der Waals surface area contributed by atoms with Crippen molar-refractivity contribution < 1.29 is 0 Å². The fourth-order valence-electron chi connectivity index (χ4n) is 3.46. The summed E-state index contributed by atoms with van der Waals surface area (Å²) in [5.41, 5.74) is 5.22. The molecule has 0 atom stereocenters. The van der Waals surface area contributed by atoms with Crippen LogP contribution in [0, 0.1) is 0 Å². The zero-order chi connectivity index (χ0) is 18.2. The van der Waals surface area contributed by atoms with Crippen molar-refractivity contribution >= 4 is 54.9 Å². The third-order valence-electron chi connectivity index (χ3n) is 4.69. The highest BCUT2D eigenvalue weighted by atomic mass is 79.9. The molecule has 2 aromatic heterocycles. The van der Waals surface area contributed by atoms with E-state index in [1.807, 2.05) is 24.4 Å². The highest BCUT2D eigenvalue weighted by Crippen LogP contribution is 2.36. The summed E-state index contributed by atoms with van der Waals surface area (Å²) in [5, 5.41) is 2.27. The second kappa shape index (κ2) is 6.56. The van der Waals surface area contributed by atoms with Gasteiger partial charge in [0.2, 0.25) is 0 Å². The third kappa shape index (κ3) is 2.88. The highest BCUT2D eigenvalue weighted by Gasteiger charge is 2.14. The lowest BCUT2D eigenvalue weighted by Crippen LogP contribution is -2.09. The molecular formula is C23H16BrN3. The monoisotopic (exact) mass is 413 g/mol. The first kappa shape index (κ1) is 16.1. The maximum atomic E-state index is 4.71. The molecule has 0 aliphatic heterocycles. The Bertz CT molecular complexity index is 1190. The van der Waals surface area contributed by atoms with Gasteiger partial charge in [-0.3, -0.25) is 0 Å². The van der Waals surface area contributed by atoms with Gasteiger partial charge in [-0.05, 0) is 48.5 Å². The average Bonchev–Trinajstić information content (AvgIpc) is 3.07. The van der Waals surface area contributed by atoms with Gasteiger partial charge in [-0.15, -0.1) is 0 Å². The Hall–Kier alpha value is -3.11. The van der Waals surface area contributed by atoms with Crippen LogP contribution in [-0.4, -0.2) is 9.97 Å². The van der Waals surface area contributed by atoms with Gasteiger partial charge in [0.05, 0.1) is 11.9 Å². The number of hydrogen-bond acceptors (Lipinski definition) is 2. The number of fused-ring (bicyclic) bond motifs is 3. The summed E-state index contributed by atoms with van der Waals surface area (Å²) in [4.78, 5) is 10.3. The molecular weight excluding hydrogens is 398 g/mol. The van der Waals surface area contributed by atoms with E-state index >= 15 is 0 Å². The summed E-state index contributed by atoms with van der Waals surface area (Å²) in [6.07, 6.45) is 1.92. The first-order valence-electron chi connectivity index (χ1n) is 8.77. The minimum atomic E-state index is 0.896. The molecule has 3 aromatic carbocycles. The van der Waals surface area contributed by atoms with Crippen LogP contribution < -0.4 is 4.90 Å². The number of benzene rings is 3.